The van der Waals surface area contributed by atoms with E-state index in [1.807, 2.05) is 36.4 Å². The molecular formula is C23H21FN2O3. The number of hydrogen-bond acceptors (Lipinski definition) is 3. The maximum absolute atomic E-state index is 13.8. The molecule has 0 unspecified atom stereocenters. The van der Waals surface area contributed by atoms with E-state index >= 15 is 0 Å². The molecule has 3 aromatic carbocycles. The van der Waals surface area contributed by atoms with Crippen LogP contribution in [0.4, 0.5) is 4.39 Å². The molecule has 5 nitrogen and oxygen atoms in total. The van der Waals surface area contributed by atoms with Crippen LogP contribution in [0.5, 0.6) is 5.75 Å². The molecule has 3 aromatic rings. The van der Waals surface area contributed by atoms with Crippen molar-refractivity contribution in [1.29, 1.82) is 0 Å². The van der Waals surface area contributed by atoms with Crippen LogP contribution in [0.1, 0.15) is 21.5 Å². The molecule has 3 N–H and O–H groups in total. The summed E-state index contributed by atoms with van der Waals surface area (Å²) in [5.74, 6) is -1.42. The molecule has 0 fully saturated rings. The number of halogens is 1. The second-order valence-electron chi connectivity index (χ2n) is 6.53. The summed E-state index contributed by atoms with van der Waals surface area (Å²) in [6.07, 6.45) is 0.165. The van der Waals surface area contributed by atoms with Gasteiger partial charge in [-0.25, -0.2) is 4.39 Å². The average molecular weight is 392 g/mol. The Labute approximate surface area is 168 Å². The van der Waals surface area contributed by atoms with Gasteiger partial charge in [0.05, 0.1) is 5.56 Å². The number of rotatable bonds is 8. The zero-order valence-corrected chi connectivity index (χ0v) is 15.7. The molecule has 0 saturated heterocycles. The van der Waals surface area contributed by atoms with E-state index in [4.69, 9.17) is 10.5 Å². The Hall–Kier alpha value is -3.67. The van der Waals surface area contributed by atoms with Crippen molar-refractivity contribution >= 4 is 11.8 Å². The van der Waals surface area contributed by atoms with Gasteiger partial charge in [-0.1, -0.05) is 54.6 Å². The molecule has 0 saturated carbocycles. The van der Waals surface area contributed by atoms with Crippen molar-refractivity contribution in [2.45, 2.75) is 19.1 Å². The van der Waals surface area contributed by atoms with E-state index < -0.39 is 23.7 Å². The van der Waals surface area contributed by atoms with E-state index in [-0.39, 0.29) is 12.0 Å². The minimum atomic E-state index is -0.980. The van der Waals surface area contributed by atoms with E-state index in [0.29, 0.717) is 12.4 Å². The Balaban J connectivity index is 1.66. The Kier molecular flexibility index (Phi) is 6.58. The normalized spacial score (nSPS) is 11.5. The molecule has 0 aromatic heterocycles. The first kappa shape index (κ1) is 20.1. The number of carbonyl (C=O) groups excluding carboxylic acids is 2. The highest BCUT2D eigenvalue weighted by atomic mass is 19.1. The first-order chi connectivity index (χ1) is 14.0. The molecule has 0 aliphatic rings. The minimum Gasteiger partial charge on any atom is -0.489 e. The fourth-order valence-corrected chi connectivity index (χ4v) is 2.84. The molecule has 3 rings (SSSR count). The van der Waals surface area contributed by atoms with Crippen LogP contribution >= 0.6 is 0 Å². The Morgan fingerprint density at radius 3 is 2.34 bits per heavy atom. The van der Waals surface area contributed by atoms with Gasteiger partial charge in [-0.05, 0) is 35.4 Å². The minimum absolute atomic E-state index is 0.140. The Morgan fingerprint density at radius 1 is 0.931 bits per heavy atom. The molecule has 0 aliphatic heterocycles. The third-order valence-electron chi connectivity index (χ3n) is 4.35. The summed E-state index contributed by atoms with van der Waals surface area (Å²) in [5.41, 5.74) is 7.09. The SMILES string of the molecule is NC(=O)[C@@H](Cc1cccc(OCc2ccccc2)c1)NC(=O)c1ccccc1F. The van der Waals surface area contributed by atoms with Gasteiger partial charge in [0, 0.05) is 6.42 Å². The fraction of sp³-hybridized carbons (Fsp3) is 0.130. The van der Waals surface area contributed by atoms with E-state index in [0.717, 1.165) is 11.1 Å². The number of amides is 2. The smallest absolute Gasteiger partial charge is 0.254 e. The summed E-state index contributed by atoms with van der Waals surface area (Å²) in [5, 5.41) is 2.51. The Bertz CT molecular complexity index is 992. The summed E-state index contributed by atoms with van der Waals surface area (Å²) < 4.78 is 19.6. The number of nitrogens with two attached hydrogens (primary N) is 1. The average Bonchev–Trinajstić information content (AvgIpc) is 2.73. The highest BCUT2D eigenvalue weighted by Crippen LogP contribution is 2.17. The lowest BCUT2D eigenvalue weighted by Crippen LogP contribution is -2.46. The summed E-state index contributed by atoms with van der Waals surface area (Å²) in [6.45, 7) is 0.410. The van der Waals surface area contributed by atoms with Crippen LogP contribution in [-0.2, 0) is 17.8 Å². The molecule has 1 atom stereocenters. The van der Waals surface area contributed by atoms with Crippen molar-refractivity contribution in [3.05, 3.63) is 101 Å². The predicted molar refractivity (Wildman–Crippen MR) is 108 cm³/mol. The standard InChI is InChI=1S/C23H21FN2O3/c24-20-12-5-4-11-19(20)23(28)26-21(22(25)27)14-17-9-6-10-18(13-17)29-15-16-7-2-1-3-8-16/h1-13,21H,14-15H2,(H2,25,27)(H,26,28)/t21-/m1/s1. The van der Waals surface area contributed by atoms with Gasteiger partial charge in [-0.2, -0.15) is 0 Å². The van der Waals surface area contributed by atoms with Crippen LogP contribution in [0.3, 0.4) is 0 Å². The van der Waals surface area contributed by atoms with Crippen molar-refractivity contribution in [3.8, 4) is 5.75 Å². The van der Waals surface area contributed by atoms with Crippen LogP contribution in [0.2, 0.25) is 0 Å². The van der Waals surface area contributed by atoms with Crippen LogP contribution in [0, 0.1) is 5.82 Å². The van der Waals surface area contributed by atoms with E-state index in [9.17, 15) is 14.0 Å². The first-order valence-electron chi connectivity index (χ1n) is 9.13. The lowest BCUT2D eigenvalue weighted by Gasteiger charge is -2.16. The maximum atomic E-state index is 13.8. The van der Waals surface area contributed by atoms with Crippen molar-refractivity contribution < 1.29 is 18.7 Å². The second-order valence-corrected chi connectivity index (χ2v) is 6.53. The van der Waals surface area contributed by atoms with Crippen molar-refractivity contribution in [3.63, 3.8) is 0 Å². The van der Waals surface area contributed by atoms with Gasteiger partial charge >= 0.3 is 0 Å². The van der Waals surface area contributed by atoms with Gasteiger partial charge < -0.3 is 15.8 Å². The highest BCUT2D eigenvalue weighted by molar-refractivity contribution is 5.97. The lowest BCUT2D eigenvalue weighted by atomic mass is 10.0. The summed E-state index contributed by atoms with van der Waals surface area (Å²) in [6, 6.07) is 21.5. The third-order valence-corrected chi connectivity index (χ3v) is 4.35. The molecule has 2 amide bonds. The number of hydrogen-bond donors (Lipinski definition) is 2. The number of benzene rings is 3. The van der Waals surface area contributed by atoms with Gasteiger partial charge in [0.1, 0.15) is 24.2 Å². The maximum Gasteiger partial charge on any atom is 0.254 e. The van der Waals surface area contributed by atoms with Gasteiger partial charge in [-0.15, -0.1) is 0 Å². The number of carbonyl (C=O) groups is 2. The van der Waals surface area contributed by atoms with Crippen molar-refractivity contribution in [2.75, 3.05) is 0 Å². The molecule has 0 radical (unpaired) electrons. The number of primary amides is 1. The predicted octanol–water partition coefficient (Wildman–Crippen LogP) is 3.23. The summed E-state index contributed by atoms with van der Waals surface area (Å²) >= 11 is 0. The fourth-order valence-electron chi connectivity index (χ4n) is 2.84. The zero-order chi connectivity index (χ0) is 20.6. The molecule has 0 spiro atoms. The topological polar surface area (TPSA) is 81.4 Å². The van der Waals surface area contributed by atoms with E-state index in [2.05, 4.69) is 5.32 Å². The molecule has 0 heterocycles. The molecule has 148 valence electrons. The van der Waals surface area contributed by atoms with Crippen molar-refractivity contribution in [1.82, 2.24) is 5.32 Å². The number of ether oxygens (including phenoxy) is 1. The van der Waals surface area contributed by atoms with Crippen LogP contribution in [0.15, 0.2) is 78.9 Å². The molecule has 6 heteroatoms. The second kappa shape index (κ2) is 9.50. The van der Waals surface area contributed by atoms with Crippen LogP contribution < -0.4 is 15.8 Å². The van der Waals surface area contributed by atoms with Crippen LogP contribution in [0.25, 0.3) is 0 Å². The van der Waals surface area contributed by atoms with Gasteiger partial charge in [0.2, 0.25) is 5.91 Å². The van der Waals surface area contributed by atoms with Gasteiger partial charge in [-0.3, -0.25) is 9.59 Å². The molecule has 29 heavy (non-hydrogen) atoms. The van der Waals surface area contributed by atoms with Crippen molar-refractivity contribution in [2.24, 2.45) is 5.73 Å². The summed E-state index contributed by atoms with van der Waals surface area (Å²) in [7, 11) is 0. The van der Waals surface area contributed by atoms with Gasteiger partial charge in [0.15, 0.2) is 0 Å². The molecule has 0 aliphatic carbocycles. The van der Waals surface area contributed by atoms with E-state index in [1.54, 1.807) is 24.3 Å². The van der Waals surface area contributed by atoms with Gasteiger partial charge in [0.25, 0.3) is 5.91 Å². The largest absolute Gasteiger partial charge is 0.489 e. The third kappa shape index (κ3) is 5.65. The zero-order valence-electron chi connectivity index (χ0n) is 15.7. The lowest BCUT2D eigenvalue weighted by molar-refractivity contribution is -0.119. The van der Waals surface area contributed by atoms with E-state index in [1.165, 1.54) is 18.2 Å². The monoisotopic (exact) mass is 392 g/mol. The quantitative estimate of drug-likeness (QED) is 0.618. The first-order valence-corrected chi connectivity index (χ1v) is 9.13. The number of nitrogens with one attached hydrogen (secondary N) is 1. The molecule has 0 bridgehead atoms. The molecular weight excluding hydrogens is 371 g/mol. The summed E-state index contributed by atoms with van der Waals surface area (Å²) in [4.78, 5) is 24.1. The Morgan fingerprint density at radius 2 is 1.62 bits per heavy atom. The highest BCUT2D eigenvalue weighted by Gasteiger charge is 2.21. The van der Waals surface area contributed by atoms with Crippen LogP contribution in [-0.4, -0.2) is 17.9 Å².